The molecule has 0 spiro atoms. The molecule has 0 bridgehead atoms. The molecular weight excluding hydrogens is 399 g/mol. The summed E-state index contributed by atoms with van der Waals surface area (Å²) in [5.41, 5.74) is 1.25. The minimum atomic E-state index is -1.07. The maximum Gasteiger partial charge on any atom is 0.308 e. The highest BCUT2D eigenvalue weighted by Crippen LogP contribution is 2.26. The number of carbonyl (C=O) groups is 1. The number of benzene rings is 1. The number of hydrogen-bond acceptors (Lipinski definition) is 5. The first-order chi connectivity index (χ1) is 11.5. The minimum absolute atomic E-state index is 0.0564. The van der Waals surface area contributed by atoms with Crippen LogP contribution in [0, 0.1) is 5.82 Å². The van der Waals surface area contributed by atoms with Gasteiger partial charge in [-0.15, -0.1) is 0 Å². The molecular formula is C16H10BrFN2O3S. The van der Waals surface area contributed by atoms with Gasteiger partial charge < -0.3 is 9.63 Å². The van der Waals surface area contributed by atoms with Gasteiger partial charge in [-0.25, -0.2) is 4.39 Å². The standard InChI is InChI=1S/C16H10BrFN2O3S/c17-12-2-1-9(13(18)7-12)5-11(6-14(21)22)16-19-15(20-23-16)10-3-4-24-8-10/h1-5,7-8H,6H2,(H,21,22)/b11-5+. The third-order valence-corrected chi connectivity index (χ3v) is 4.29. The maximum absolute atomic E-state index is 14.0. The summed E-state index contributed by atoms with van der Waals surface area (Å²) < 4.78 is 19.8. The Morgan fingerprint density at radius 2 is 2.25 bits per heavy atom. The predicted molar refractivity (Wildman–Crippen MR) is 91.8 cm³/mol. The largest absolute Gasteiger partial charge is 0.481 e. The number of thiophene rings is 1. The molecule has 0 radical (unpaired) electrons. The SMILES string of the molecule is O=C(O)C/C(=C\c1ccc(Br)cc1F)c1nc(-c2ccsc2)no1. The van der Waals surface area contributed by atoms with Crippen LogP contribution in [-0.4, -0.2) is 21.2 Å². The number of rotatable bonds is 5. The fourth-order valence-electron chi connectivity index (χ4n) is 2.02. The second kappa shape index (κ2) is 7.06. The number of carboxylic acids is 1. The Bertz CT molecular complexity index is 906. The molecule has 0 atom stereocenters. The van der Waals surface area contributed by atoms with E-state index in [0.29, 0.717) is 10.3 Å². The van der Waals surface area contributed by atoms with Crippen LogP contribution < -0.4 is 0 Å². The first kappa shape index (κ1) is 16.5. The highest BCUT2D eigenvalue weighted by atomic mass is 79.9. The van der Waals surface area contributed by atoms with Gasteiger partial charge in [0.2, 0.25) is 5.82 Å². The van der Waals surface area contributed by atoms with Gasteiger partial charge in [0, 0.05) is 26.6 Å². The topological polar surface area (TPSA) is 76.2 Å². The molecule has 2 heterocycles. The molecule has 0 unspecified atom stereocenters. The molecule has 1 aromatic carbocycles. The normalized spacial score (nSPS) is 11.7. The number of nitrogens with zero attached hydrogens (tertiary/aromatic N) is 2. The second-order valence-electron chi connectivity index (χ2n) is 4.84. The lowest BCUT2D eigenvalue weighted by molar-refractivity contribution is -0.135. The monoisotopic (exact) mass is 408 g/mol. The number of aliphatic carboxylic acids is 1. The maximum atomic E-state index is 14.0. The van der Waals surface area contributed by atoms with Gasteiger partial charge in [-0.2, -0.15) is 16.3 Å². The molecule has 0 aliphatic heterocycles. The van der Waals surface area contributed by atoms with E-state index < -0.39 is 11.8 Å². The molecule has 0 aliphatic rings. The van der Waals surface area contributed by atoms with Gasteiger partial charge in [-0.3, -0.25) is 4.79 Å². The summed E-state index contributed by atoms with van der Waals surface area (Å²) in [4.78, 5) is 15.3. The number of halogens is 2. The van der Waals surface area contributed by atoms with Crippen LogP contribution in [0.3, 0.4) is 0 Å². The highest BCUT2D eigenvalue weighted by molar-refractivity contribution is 9.10. The molecule has 1 N–H and O–H groups in total. The molecule has 8 heteroatoms. The van der Waals surface area contributed by atoms with E-state index in [0.717, 1.165) is 5.56 Å². The van der Waals surface area contributed by atoms with E-state index in [4.69, 9.17) is 9.63 Å². The Kier molecular flexibility index (Phi) is 4.86. The number of hydrogen-bond donors (Lipinski definition) is 1. The van der Waals surface area contributed by atoms with Crippen LogP contribution in [0.25, 0.3) is 23.0 Å². The Hall–Kier alpha value is -2.32. The van der Waals surface area contributed by atoms with Crippen LogP contribution in [0.5, 0.6) is 0 Å². The first-order valence-electron chi connectivity index (χ1n) is 6.77. The lowest BCUT2D eigenvalue weighted by Gasteiger charge is -2.02. The van der Waals surface area contributed by atoms with Crippen molar-refractivity contribution in [3.8, 4) is 11.4 Å². The Labute approximate surface area is 148 Å². The average Bonchev–Trinajstić information content (AvgIpc) is 3.18. The third-order valence-electron chi connectivity index (χ3n) is 3.11. The highest BCUT2D eigenvalue weighted by Gasteiger charge is 2.17. The zero-order valence-electron chi connectivity index (χ0n) is 12.1. The molecule has 0 fully saturated rings. The van der Waals surface area contributed by atoms with Crippen LogP contribution in [0.2, 0.25) is 0 Å². The average molecular weight is 409 g/mol. The van der Waals surface area contributed by atoms with Gasteiger partial charge in [0.05, 0.1) is 6.42 Å². The lowest BCUT2D eigenvalue weighted by Crippen LogP contribution is -1.98. The third kappa shape index (κ3) is 3.77. The van der Waals surface area contributed by atoms with Gasteiger partial charge in [0.15, 0.2) is 0 Å². The van der Waals surface area contributed by atoms with Crippen molar-refractivity contribution in [1.29, 1.82) is 0 Å². The van der Waals surface area contributed by atoms with Gasteiger partial charge in [0.25, 0.3) is 5.89 Å². The first-order valence-corrected chi connectivity index (χ1v) is 8.50. The van der Waals surface area contributed by atoms with Crippen LogP contribution in [0.4, 0.5) is 4.39 Å². The molecule has 0 amide bonds. The van der Waals surface area contributed by atoms with E-state index >= 15 is 0 Å². The Morgan fingerprint density at radius 1 is 1.42 bits per heavy atom. The van der Waals surface area contributed by atoms with E-state index in [1.54, 1.807) is 6.07 Å². The van der Waals surface area contributed by atoms with E-state index in [2.05, 4.69) is 26.1 Å². The van der Waals surface area contributed by atoms with Gasteiger partial charge in [-0.05, 0) is 29.7 Å². The van der Waals surface area contributed by atoms with Gasteiger partial charge in [0.1, 0.15) is 5.82 Å². The van der Waals surface area contributed by atoms with Crippen molar-refractivity contribution < 1.29 is 18.8 Å². The Balaban J connectivity index is 2.00. The molecule has 3 aromatic rings. The molecule has 5 nitrogen and oxygen atoms in total. The summed E-state index contributed by atoms with van der Waals surface area (Å²) >= 11 is 4.66. The molecule has 0 saturated carbocycles. The van der Waals surface area contributed by atoms with Crippen LogP contribution >= 0.6 is 27.3 Å². The van der Waals surface area contributed by atoms with Gasteiger partial charge in [-0.1, -0.05) is 27.2 Å². The van der Waals surface area contributed by atoms with Gasteiger partial charge >= 0.3 is 5.97 Å². The van der Waals surface area contributed by atoms with Crippen molar-refractivity contribution in [1.82, 2.24) is 10.1 Å². The fraction of sp³-hybridized carbons (Fsp3) is 0.0625. The van der Waals surface area contributed by atoms with E-state index in [-0.39, 0.29) is 23.4 Å². The van der Waals surface area contributed by atoms with E-state index in [1.165, 1.54) is 29.5 Å². The van der Waals surface area contributed by atoms with Crippen molar-refractivity contribution in [3.63, 3.8) is 0 Å². The summed E-state index contributed by atoms with van der Waals surface area (Å²) in [6, 6.07) is 6.33. The molecule has 3 rings (SSSR count). The van der Waals surface area contributed by atoms with E-state index in [1.807, 2.05) is 16.8 Å². The minimum Gasteiger partial charge on any atom is -0.481 e. The fourth-order valence-corrected chi connectivity index (χ4v) is 2.99. The summed E-state index contributed by atoms with van der Waals surface area (Å²) in [5, 5.41) is 16.7. The number of aromatic nitrogens is 2. The summed E-state index contributed by atoms with van der Waals surface area (Å²) in [6.07, 6.45) is 1.04. The number of carboxylic acid groups (broad SMARTS) is 1. The predicted octanol–water partition coefficient (Wildman–Crippen LogP) is 4.72. The molecule has 24 heavy (non-hydrogen) atoms. The van der Waals surface area contributed by atoms with Crippen molar-refractivity contribution in [3.05, 3.63) is 56.8 Å². The van der Waals surface area contributed by atoms with Crippen molar-refractivity contribution in [2.24, 2.45) is 0 Å². The van der Waals surface area contributed by atoms with Crippen LogP contribution in [-0.2, 0) is 4.79 Å². The van der Waals surface area contributed by atoms with Crippen LogP contribution in [0.1, 0.15) is 17.9 Å². The molecule has 0 aliphatic carbocycles. The van der Waals surface area contributed by atoms with E-state index in [9.17, 15) is 9.18 Å². The Morgan fingerprint density at radius 3 is 2.92 bits per heavy atom. The summed E-state index contributed by atoms with van der Waals surface area (Å²) in [6.45, 7) is 0. The smallest absolute Gasteiger partial charge is 0.308 e. The van der Waals surface area contributed by atoms with Crippen molar-refractivity contribution in [2.45, 2.75) is 6.42 Å². The second-order valence-corrected chi connectivity index (χ2v) is 6.54. The molecule has 122 valence electrons. The summed E-state index contributed by atoms with van der Waals surface area (Å²) in [5.74, 6) is -1.14. The zero-order chi connectivity index (χ0) is 17.1. The summed E-state index contributed by atoms with van der Waals surface area (Å²) in [7, 11) is 0. The zero-order valence-corrected chi connectivity index (χ0v) is 14.5. The molecule has 2 aromatic heterocycles. The van der Waals surface area contributed by atoms with Crippen molar-refractivity contribution >= 4 is 44.9 Å². The lowest BCUT2D eigenvalue weighted by atomic mass is 10.1. The quantitative estimate of drug-likeness (QED) is 0.660. The van der Waals surface area contributed by atoms with Crippen LogP contribution in [0.15, 0.2) is 44.0 Å². The molecule has 0 saturated heterocycles. The van der Waals surface area contributed by atoms with Crippen molar-refractivity contribution in [2.75, 3.05) is 0 Å².